The van der Waals surface area contributed by atoms with Gasteiger partial charge < -0.3 is 9.32 Å². The highest BCUT2D eigenvalue weighted by molar-refractivity contribution is 6.07. The van der Waals surface area contributed by atoms with Crippen molar-refractivity contribution in [3.8, 4) is 0 Å². The second kappa shape index (κ2) is 4.73. The zero-order valence-electron chi connectivity index (χ0n) is 12.7. The normalized spacial score (nSPS) is 17.0. The third kappa shape index (κ3) is 1.93. The molecular weight excluding hydrogens is 274 g/mol. The van der Waals surface area contributed by atoms with Crippen LogP contribution in [0.5, 0.6) is 0 Å². The third-order valence-electron chi connectivity index (χ3n) is 4.31. The van der Waals surface area contributed by atoms with Gasteiger partial charge in [0.15, 0.2) is 5.76 Å². The van der Waals surface area contributed by atoms with Crippen molar-refractivity contribution in [1.82, 2.24) is 0 Å². The van der Waals surface area contributed by atoms with Crippen LogP contribution in [0.2, 0.25) is 0 Å². The summed E-state index contributed by atoms with van der Waals surface area (Å²) in [7, 11) is 0. The number of amides is 1. The summed E-state index contributed by atoms with van der Waals surface area (Å²) in [6, 6.07) is 16.1. The molecule has 3 aromatic rings. The monoisotopic (exact) mass is 291 g/mol. The van der Waals surface area contributed by atoms with E-state index in [1.54, 1.807) is 0 Å². The van der Waals surface area contributed by atoms with Crippen molar-refractivity contribution >= 4 is 22.6 Å². The van der Waals surface area contributed by atoms with Crippen LogP contribution in [0.15, 0.2) is 52.9 Å². The Hall–Kier alpha value is -2.55. The first-order valence-corrected chi connectivity index (χ1v) is 7.55. The van der Waals surface area contributed by atoms with Gasteiger partial charge in [-0.3, -0.25) is 4.79 Å². The molecule has 2 heterocycles. The fourth-order valence-corrected chi connectivity index (χ4v) is 3.24. The number of carbonyl (C=O) groups is 1. The van der Waals surface area contributed by atoms with E-state index in [1.807, 2.05) is 54.3 Å². The average Bonchev–Trinajstić information content (AvgIpc) is 3.06. The maximum absolute atomic E-state index is 12.9. The number of anilines is 1. The second-order valence-corrected chi connectivity index (χ2v) is 6.01. The molecule has 110 valence electrons. The molecular formula is C19H17NO2. The minimum atomic E-state index is -0.0636. The quantitative estimate of drug-likeness (QED) is 0.668. The summed E-state index contributed by atoms with van der Waals surface area (Å²) in [5, 5.41) is 0.967. The van der Waals surface area contributed by atoms with E-state index in [2.05, 4.69) is 13.0 Å². The Morgan fingerprint density at radius 3 is 2.86 bits per heavy atom. The highest BCUT2D eigenvalue weighted by Crippen LogP contribution is 2.34. The lowest BCUT2D eigenvalue weighted by Crippen LogP contribution is -2.35. The van der Waals surface area contributed by atoms with Gasteiger partial charge in [-0.25, -0.2) is 0 Å². The summed E-state index contributed by atoms with van der Waals surface area (Å²) in [4.78, 5) is 14.8. The van der Waals surface area contributed by atoms with Crippen molar-refractivity contribution in [2.75, 3.05) is 4.90 Å². The van der Waals surface area contributed by atoms with Crippen molar-refractivity contribution in [2.24, 2.45) is 0 Å². The molecule has 3 heteroatoms. The summed E-state index contributed by atoms with van der Waals surface area (Å²) in [6.07, 6.45) is 0.890. The Bertz CT molecular complexity index is 878. The number of benzene rings is 2. The van der Waals surface area contributed by atoms with Gasteiger partial charge in [-0.2, -0.15) is 0 Å². The van der Waals surface area contributed by atoms with E-state index in [1.165, 1.54) is 5.56 Å². The lowest BCUT2D eigenvalue weighted by atomic mass is 10.1. The Morgan fingerprint density at radius 2 is 2.00 bits per heavy atom. The number of fused-ring (bicyclic) bond motifs is 2. The molecule has 2 aromatic carbocycles. The van der Waals surface area contributed by atoms with Gasteiger partial charge in [0.25, 0.3) is 5.91 Å². The molecule has 0 fully saturated rings. The SMILES string of the molecule is Cc1ccc2cc(C(=O)N3c4ccccc4CC3C)oc2c1. The smallest absolute Gasteiger partial charge is 0.294 e. The predicted octanol–water partition coefficient (Wildman–Crippen LogP) is 4.33. The van der Waals surface area contributed by atoms with Gasteiger partial charge in [0.05, 0.1) is 0 Å². The van der Waals surface area contributed by atoms with Crippen molar-refractivity contribution in [1.29, 1.82) is 0 Å². The number of hydrogen-bond acceptors (Lipinski definition) is 2. The molecule has 1 aromatic heterocycles. The molecule has 1 aliphatic heterocycles. The van der Waals surface area contributed by atoms with E-state index >= 15 is 0 Å². The number of para-hydroxylation sites is 1. The van der Waals surface area contributed by atoms with Crippen LogP contribution in [0.1, 0.15) is 28.6 Å². The standard InChI is InChI=1S/C19H17NO2/c1-12-7-8-15-11-18(22-17(15)9-12)19(21)20-13(2)10-14-5-3-4-6-16(14)20/h3-9,11,13H,10H2,1-2H3. The minimum absolute atomic E-state index is 0.0636. The fourth-order valence-electron chi connectivity index (χ4n) is 3.24. The van der Waals surface area contributed by atoms with E-state index < -0.39 is 0 Å². The summed E-state index contributed by atoms with van der Waals surface area (Å²) in [5.74, 6) is 0.343. The number of furan rings is 1. The van der Waals surface area contributed by atoms with Gasteiger partial charge in [0, 0.05) is 17.1 Å². The van der Waals surface area contributed by atoms with Crippen molar-refractivity contribution < 1.29 is 9.21 Å². The van der Waals surface area contributed by atoms with Crippen LogP contribution in [-0.4, -0.2) is 11.9 Å². The molecule has 0 spiro atoms. The van der Waals surface area contributed by atoms with Crippen LogP contribution in [0.3, 0.4) is 0 Å². The molecule has 0 bridgehead atoms. The van der Waals surface area contributed by atoms with Gasteiger partial charge in [0.1, 0.15) is 5.58 Å². The molecule has 1 unspecified atom stereocenters. The molecule has 22 heavy (non-hydrogen) atoms. The molecule has 0 saturated carbocycles. The Balaban J connectivity index is 1.77. The third-order valence-corrected chi connectivity index (χ3v) is 4.31. The van der Waals surface area contributed by atoms with Crippen LogP contribution in [0.25, 0.3) is 11.0 Å². The summed E-state index contributed by atoms with van der Waals surface area (Å²) >= 11 is 0. The van der Waals surface area contributed by atoms with Crippen LogP contribution in [0.4, 0.5) is 5.69 Å². The van der Waals surface area contributed by atoms with Gasteiger partial charge >= 0.3 is 0 Å². The number of aryl methyl sites for hydroxylation is 1. The van der Waals surface area contributed by atoms with Crippen LogP contribution >= 0.6 is 0 Å². The van der Waals surface area contributed by atoms with Crippen molar-refractivity contribution in [3.05, 3.63) is 65.4 Å². The summed E-state index contributed by atoms with van der Waals surface area (Å²) in [5.41, 5.74) is 4.11. The first kappa shape index (κ1) is 13.1. The Kier molecular flexibility index (Phi) is 2.83. The number of nitrogens with zero attached hydrogens (tertiary/aromatic N) is 1. The number of rotatable bonds is 1. The van der Waals surface area contributed by atoms with Crippen LogP contribution in [0, 0.1) is 6.92 Å². The molecule has 0 radical (unpaired) electrons. The Labute approximate surface area is 129 Å². The molecule has 1 atom stereocenters. The van der Waals surface area contributed by atoms with E-state index in [-0.39, 0.29) is 11.9 Å². The number of hydrogen-bond donors (Lipinski definition) is 0. The highest BCUT2D eigenvalue weighted by atomic mass is 16.3. The molecule has 4 rings (SSSR count). The topological polar surface area (TPSA) is 33.5 Å². The molecule has 0 N–H and O–H groups in total. The summed E-state index contributed by atoms with van der Waals surface area (Å²) < 4.78 is 5.80. The largest absolute Gasteiger partial charge is 0.451 e. The fraction of sp³-hybridized carbons (Fsp3) is 0.211. The van der Waals surface area contributed by atoms with Crippen LogP contribution in [-0.2, 0) is 6.42 Å². The Morgan fingerprint density at radius 1 is 1.18 bits per heavy atom. The minimum Gasteiger partial charge on any atom is -0.451 e. The van der Waals surface area contributed by atoms with Gasteiger partial charge in [0.2, 0.25) is 0 Å². The molecule has 1 aliphatic rings. The zero-order valence-corrected chi connectivity index (χ0v) is 12.7. The van der Waals surface area contributed by atoms with Crippen molar-refractivity contribution in [2.45, 2.75) is 26.3 Å². The van der Waals surface area contributed by atoms with E-state index in [0.29, 0.717) is 5.76 Å². The maximum atomic E-state index is 12.9. The van der Waals surface area contributed by atoms with E-state index in [4.69, 9.17) is 4.42 Å². The maximum Gasteiger partial charge on any atom is 0.294 e. The van der Waals surface area contributed by atoms with Gasteiger partial charge in [-0.05, 0) is 49.6 Å². The first-order valence-electron chi connectivity index (χ1n) is 7.55. The lowest BCUT2D eigenvalue weighted by Gasteiger charge is -2.21. The van der Waals surface area contributed by atoms with Crippen molar-refractivity contribution in [3.63, 3.8) is 0 Å². The highest BCUT2D eigenvalue weighted by Gasteiger charge is 2.32. The predicted molar refractivity (Wildman–Crippen MR) is 87.4 cm³/mol. The summed E-state index contributed by atoms with van der Waals surface area (Å²) in [6.45, 7) is 4.09. The van der Waals surface area contributed by atoms with E-state index in [0.717, 1.165) is 28.6 Å². The molecule has 0 aliphatic carbocycles. The average molecular weight is 291 g/mol. The van der Waals surface area contributed by atoms with Crippen LogP contribution < -0.4 is 4.90 Å². The number of carbonyl (C=O) groups excluding carboxylic acids is 1. The first-order chi connectivity index (χ1) is 10.6. The van der Waals surface area contributed by atoms with Gasteiger partial charge in [-0.15, -0.1) is 0 Å². The van der Waals surface area contributed by atoms with E-state index in [9.17, 15) is 4.79 Å². The second-order valence-electron chi connectivity index (χ2n) is 6.01. The molecule has 0 saturated heterocycles. The molecule has 3 nitrogen and oxygen atoms in total. The van der Waals surface area contributed by atoms with Gasteiger partial charge in [-0.1, -0.05) is 30.3 Å². The lowest BCUT2D eigenvalue weighted by molar-refractivity contribution is 0.0957. The molecule has 1 amide bonds. The zero-order chi connectivity index (χ0) is 15.3.